The SMILES string of the molecule is Cc1cccc(CN2CCCN(C(=O)C#Cc3cccc4ccccc34)CC2)n1. The zero-order valence-electron chi connectivity index (χ0n) is 16.8. The quantitative estimate of drug-likeness (QED) is 0.634. The van der Waals surface area contributed by atoms with E-state index in [1.165, 1.54) is 0 Å². The summed E-state index contributed by atoms with van der Waals surface area (Å²) in [7, 11) is 0. The lowest BCUT2D eigenvalue weighted by Crippen LogP contribution is -2.34. The third-order valence-electron chi connectivity index (χ3n) is 5.30. The second-order valence-electron chi connectivity index (χ2n) is 7.47. The molecule has 0 N–H and O–H groups in total. The molecular formula is C25H25N3O. The summed E-state index contributed by atoms with van der Waals surface area (Å²) in [6.07, 6.45) is 0.952. The van der Waals surface area contributed by atoms with Crippen molar-refractivity contribution in [3.8, 4) is 11.8 Å². The molecule has 4 heteroatoms. The summed E-state index contributed by atoms with van der Waals surface area (Å²) in [6, 6.07) is 20.3. The van der Waals surface area contributed by atoms with Gasteiger partial charge in [0.25, 0.3) is 5.91 Å². The van der Waals surface area contributed by atoms with Crippen LogP contribution in [0.15, 0.2) is 60.7 Å². The van der Waals surface area contributed by atoms with Crippen molar-refractivity contribution in [3.63, 3.8) is 0 Å². The molecular weight excluding hydrogens is 358 g/mol. The highest BCUT2D eigenvalue weighted by molar-refractivity contribution is 5.96. The van der Waals surface area contributed by atoms with Gasteiger partial charge in [-0.25, -0.2) is 0 Å². The Balaban J connectivity index is 1.41. The molecule has 1 fully saturated rings. The van der Waals surface area contributed by atoms with Gasteiger partial charge < -0.3 is 4.90 Å². The summed E-state index contributed by atoms with van der Waals surface area (Å²) in [5, 5.41) is 2.23. The predicted molar refractivity (Wildman–Crippen MR) is 116 cm³/mol. The molecule has 1 amide bonds. The van der Waals surface area contributed by atoms with Crippen LogP contribution in [-0.4, -0.2) is 46.9 Å². The Morgan fingerprint density at radius 1 is 0.966 bits per heavy atom. The van der Waals surface area contributed by atoms with Gasteiger partial charge in [-0.3, -0.25) is 14.7 Å². The van der Waals surface area contributed by atoms with Crippen LogP contribution < -0.4 is 0 Å². The van der Waals surface area contributed by atoms with Gasteiger partial charge in [-0.15, -0.1) is 0 Å². The van der Waals surface area contributed by atoms with E-state index in [-0.39, 0.29) is 5.91 Å². The maximum Gasteiger partial charge on any atom is 0.298 e. The van der Waals surface area contributed by atoms with Crippen molar-refractivity contribution in [1.29, 1.82) is 0 Å². The molecule has 0 aliphatic carbocycles. The van der Waals surface area contributed by atoms with Crippen LogP contribution in [-0.2, 0) is 11.3 Å². The molecule has 4 nitrogen and oxygen atoms in total. The first kappa shape index (κ1) is 19.2. The maximum absolute atomic E-state index is 12.7. The smallest absolute Gasteiger partial charge is 0.298 e. The monoisotopic (exact) mass is 383 g/mol. The molecule has 1 aliphatic rings. The number of carbonyl (C=O) groups is 1. The van der Waals surface area contributed by atoms with Gasteiger partial charge in [0.05, 0.1) is 5.69 Å². The molecule has 0 saturated carbocycles. The molecule has 1 aromatic heterocycles. The van der Waals surface area contributed by atoms with Crippen molar-refractivity contribution in [1.82, 2.24) is 14.8 Å². The summed E-state index contributed by atoms with van der Waals surface area (Å²) in [4.78, 5) is 21.5. The average molecular weight is 383 g/mol. The number of pyridine rings is 1. The number of aromatic nitrogens is 1. The number of hydrogen-bond acceptors (Lipinski definition) is 3. The van der Waals surface area contributed by atoms with Crippen LogP contribution >= 0.6 is 0 Å². The van der Waals surface area contributed by atoms with Crippen molar-refractivity contribution in [2.75, 3.05) is 26.2 Å². The van der Waals surface area contributed by atoms with E-state index in [0.717, 1.165) is 60.3 Å². The van der Waals surface area contributed by atoms with Crippen molar-refractivity contribution < 1.29 is 4.79 Å². The molecule has 0 bridgehead atoms. The molecule has 146 valence electrons. The van der Waals surface area contributed by atoms with Crippen molar-refractivity contribution in [3.05, 3.63) is 77.6 Å². The Bertz CT molecular complexity index is 1070. The highest BCUT2D eigenvalue weighted by atomic mass is 16.2. The van der Waals surface area contributed by atoms with Gasteiger partial charge in [-0.1, -0.05) is 48.4 Å². The van der Waals surface area contributed by atoms with E-state index in [4.69, 9.17) is 0 Å². The Morgan fingerprint density at radius 2 is 1.79 bits per heavy atom. The van der Waals surface area contributed by atoms with E-state index < -0.39 is 0 Å². The second-order valence-corrected chi connectivity index (χ2v) is 7.47. The lowest BCUT2D eigenvalue weighted by molar-refractivity contribution is -0.125. The Hall–Kier alpha value is -3.16. The van der Waals surface area contributed by atoms with Crippen LogP contribution in [0.1, 0.15) is 23.4 Å². The maximum atomic E-state index is 12.7. The molecule has 3 aromatic rings. The summed E-state index contributed by atoms with van der Waals surface area (Å²) in [6.45, 7) is 6.11. The van der Waals surface area contributed by atoms with E-state index >= 15 is 0 Å². The summed E-state index contributed by atoms with van der Waals surface area (Å²) in [5.41, 5.74) is 3.02. The molecule has 0 radical (unpaired) electrons. The molecule has 0 unspecified atom stereocenters. The topological polar surface area (TPSA) is 36.4 Å². The van der Waals surface area contributed by atoms with Gasteiger partial charge in [-0.2, -0.15) is 0 Å². The highest BCUT2D eigenvalue weighted by Gasteiger charge is 2.18. The van der Waals surface area contributed by atoms with Crippen molar-refractivity contribution in [2.45, 2.75) is 19.9 Å². The second kappa shape index (κ2) is 8.89. The molecule has 1 saturated heterocycles. The van der Waals surface area contributed by atoms with Gasteiger partial charge >= 0.3 is 0 Å². The van der Waals surface area contributed by atoms with Crippen LogP contribution in [0.25, 0.3) is 10.8 Å². The van der Waals surface area contributed by atoms with Gasteiger partial charge in [-0.05, 0) is 42.3 Å². The molecule has 29 heavy (non-hydrogen) atoms. The molecule has 0 spiro atoms. The van der Waals surface area contributed by atoms with E-state index in [0.29, 0.717) is 6.54 Å². The minimum absolute atomic E-state index is 0.0894. The molecule has 4 rings (SSSR count). The van der Waals surface area contributed by atoms with E-state index in [1.54, 1.807) is 0 Å². The number of nitrogens with zero attached hydrogens (tertiary/aromatic N) is 3. The lowest BCUT2D eigenvalue weighted by atomic mass is 10.1. The molecule has 0 atom stereocenters. The van der Waals surface area contributed by atoms with Gasteiger partial charge in [0.15, 0.2) is 0 Å². The number of rotatable bonds is 2. The predicted octanol–water partition coefficient (Wildman–Crippen LogP) is 3.63. The largest absolute Gasteiger partial charge is 0.331 e. The minimum Gasteiger partial charge on any atom is -0.331 e. The fourth-order valence-electron chi connectivity index (χ4n) is 3.78. The summed E-state index contributed by atoms with van der Waals surface area (Å²) >= 11 is 0. The number of hydrogen-bond donors (Lipinski definition) is 0. The standard InChI is InChI=1S/C25H25N3O/c1-20-7-4-11-23(26-20)19-27-15-6-16-28(18-17-27)25(29)14-13-22-10-5-9-21-8-2-3-12-24(21)22/h2-5,7-12H,6,15-19H2,1H3. The average Bonchev–Trinajstić information content (AvgIpc) is 2.97. The zero-order chi connectivity index (χ0) is 20.1. The van der Waals surface area contributed by atoms with Gasteiger partial charge in [0, 0.05) is 49.9 Å². The first-order valence-corrected chi connectivity index (χ1v) is 10.1. The van der Waals surface area contributed by atoms with Crippen LogP contribution in [0.3, 0.4) is 0 Å². The Labute approximate surface area is 172 Å². The molecule has 2 aromatic carbocycles. The number of fused-ring (bicyclic) bond motifs is 1. The third-order valence-corrected chi connectivity index (χ3v) is 5.30. The van der Waals surface area contributed by atoms with Crippen LogP contribution in [0.2, 0.25) is 0 Å². The Morgan fingerprint density at radius 3 is 2.69 bits per heavy atom. The molecule has 2 heterocycles. The number of aryl methyl sites for hydroxylation is 1. The first-order chi connectivity index (χ1) is 14.2. The lowest BCUT2D eigenvalue weighted by Gasteiger charge is -2.20. The van der Waals surface area contributed by atoms with Gasteiger partial charge in [0.2, 0.25) is 0 Å². The third kappa shape index (κ3) is 4.82. The first-order valence-electron chi connectivity index (χ1n) is 10.1. The fraction of sp³-hybridized carbons (Fsp3) is 0.280. The van der Waals surface area contributed by atoms with Crippen LogP contribution in [0.4, 0.5) is 0 Å². The summed E-state index contributed by atoms with van der Waals surface area (Å²) in [5.74, 6) is 5.87. The van der Waals surface area contributed by atoms with E-state index in [2.05, 4.69) is 39.9 Å². The van der Waals surface area contributed by atoms with E-state index in [1.807, 2.05) is 54.3 Å². The number of amides is 1. The van der Waals surface area contributed by atoms with Gasteiger partial charge in [0.1, 0.15) is 0 Å². The minimum atomic E-state index is -0.0894. The normalized spacial score (nSPS) is 14.9. The molecule has 1 aliphatic heterocycles. The van der Waals surface area contributed by atoms with E-state index in [9.17, 15) is 4.79 Å². The Kier molecular flexibility index (Phi) is 5.88. The summed E-state index contributed by atoms with van der Waals surface area (Å²) < 4.78 is 0. The van der Waals surface area contributed by atoms with Crippen LogP contribution in [0, 0.1) is 18.8 Å². The highest BCUT2D eigenvalue weighted by Crippen LogP contribution is 2.17. The number of benzene rings is 2. The van der Waals surface area contributed by atoms with Crippen molar-refractivity contribution >= 4 is 16.7 Å². The number of carbonyl (C=O) groups excluding carboxylic acids is 1. The fourth-order valence-corrected chi connectivity index (χ4v) is 3.78. The zero-order valence-corrected chi connectivity index (χ0v) is 16.8. The van der Waals surface area contributed by atoms with Crippen molar-refractivity contribution in [2.24, 2.45) is 0 Å². The van der Waals surface area contributed by atoms with Crippen LogP contribution in [0.5, 0.6) is 0 Å².